The van der Waals surface area contributed by atoms with Crippen LogP contribution in [0.25, 0.3) is 0 Å². The first-order valence-corrected chi connectivity index (χ1v) is 14.4. The zero-order valence-electron chi connectivity index (χ0n) is 20.7. The van der Waals surface area contributed by atoms with Gasteiger partial charge < -0.3 is 33.7 Å². The molecule has 6 radical (unpaired) electrons. The first-order valence-electron chi connectivity index (χ1n) is 11.5. The Bertz CT molecular complexity index is 829. The van der Waals surface area contributed by atoms with Crippen LogP contribution in [0.4, 0.5) is 0 Å². The lowest BCUT2D eigenvalue weighted by Crippen LogP contribution is -2.37. The summed E-state index contributed by atoms with van der Waals surface area (Å²) in [6.45, 7) is -0.813. The molecule has 3 saturated heterocycles. The van der Waals surface area contributed by atoms with Crippen LogP contribution >= 0.6 is 15.6 Å². The molecule has 0 aromatic heterocycles. The summed E-state index contributed by atoms with van der Waals surface area (Å²) in [7, 11) is 12.2. The Balaban J connectivity index is 1.59. The third-order valence-electron chi connectivity index (χ3n) is 6.00. The van der Waals surface area contributed by atoms with Gasteiger partial charge in [-0.05, 0) is 12.8 Å². The van der Waals surface area contributed by atoms with E-state index in [0.29, 0.717) is 6.42 Å². The lowest BCUT2D eigenvalue weighted by Gasteiger charge is -2.27. The highest BCUT2D eigenvalue weighted by Crippen LogP contribution is 2.53. The summed E-state index contributed by atoms with van der Waals surface area (Å²) in [5.74, 6) is 0. The van der Waals surface area contributed by atoms with Gasteiger partial charge in [0.25, 0.3) is 0 Å². The molecule has 0 amide bonds. The zero-order valence-corrected chi connectivity index (χ0v) is 22.5. The molecular formula is C18H31B3O14P2. The molecule has 14 nitrogen and oxygen atoms in total. The molecular weight excluding hydrogens is 535 g/mol. The minimum Gasteiger partial charge on any atom is -0.388 e. The van der Waals surface area contributed by atoms with Gasteiger partial charge in [0.1, 0.15) is 54.1 Å². The topological polar surface area (TPSA) is 167 Å². The molecule has 3 aliphatic heterocycles. The molecule has 12 atom stereocenters. The smallest absolute Gasteiger partial charge is 0.388 e. The van der Waals surface area contributed by atoms with E-state index in [9.17, 15) is 19.1 Å². The van der Waals surface area contributed by atoms with Crippen LogP contribution in [-0.2, 0) is 55.4 Å². The van der Waals surface area contributed by atoms with Crippen molar-refractivity contribution in [2.45, 2.75) is 73.6 Å². The van der Waals surface area contributed by atoms with Crippen LogP contribution in [0.5, 0.6) is 0 Å². The van der Waals surface area contributed by atoms with Crippen molar-refractivity contribution in [1.82, 2.24) is 0 Å². The summed E-state index contributed by atoms with van der Waals surface area (Å²) in [5, 5.41) is 10.4. The molecule has 3 heterocycles. The van der Waals surface area contributed by atoms with Crippen LogP contribution in [0.1, 0.15) is 12.8 Å². The minimum atomic E-state index is -4.67. The fourth-order valence-corrected chi connectivity index (χ4v) is 6.25. The summed E-state index contributed by atoms with van der Waals surface area (Å²) in [5.41, 5.74) is 0. The van der Waals surface area contributed by atoms with Crippen LogP contribution in [0, 0.1) is 0 Å². The first kappa shape index (κ1) is 31.7. The second-order valence-electron chi connectivity index (χ2n) is 8.66. The van der Waals surface area contributed by atoms with E-state index in [-0.39, 0.29) is 19.6 Å². The van der Waals surface area contributed by atoms with Crippen LogP contribution in [0.15, 0.2) is 0 Å². The van der Waals surface area contributed by atoms with E-state index in [1.165, 1.54) is 14.2 Å². The Morgan fingerprint density at radius 1 is 0.838 bits per heavy atom. The van der Waals surface area contributed by atoms with E-state index < -0.39 is 83.0 Å². The SMILES string of the molecule is [B]C1CC(OC)C(COP(=O)(OC)OC2C(COP(=O)(O)OC3CC([B])OC3COC)OC([B])C2O)O1. The molecule has 0 saturated carbocycles. The van der Waals surface area contributed by atoms with Gasteiger partial charge in [0, 0.05) is 39.3 Å². The number of ether oxygens (including phenoxy) is 5. The number of hydrogen-bond donors (Lipinski definition) is 2. The van der Waals surface area contributed by atoms with E-state index >= 15 is 0 Å². The van der Waals surface area contributed by atoms with Gasteiger partial charge in [0.05, 0.1) is 32.0 Å². The molecule has 0 aliphatic carbocycles. The normalized spacial score (nSPS) is 41.5. The number of aliphatic hydroxyl groups is 1. The van der Waals surface area contributed by atoms with Crippen molar-refractivity contribution < 1.29 is 65.4 Å². The van der Waals surface area contributed by atoms with Gasteiger partial charge in [-0.15, -0.1) is 0 Å². The van der Waals surface area contributed by atoms with Crippen LogP contribution < -0.4 is 0 Å². The minimum absolute atomic E-state index is 0.0797. The van der Waals surface area contributed by atoms with Gasteiger partial charge in [-0.25, -0.2) is 9.13 Å². The van der Waals surface area contributed by atoms with Gasteiger partial charge in [-0.1, -0.05) is 0 Å². The van der Waals surface area contributed by atoms with Gasteiger partial charge in [-0.3, -0.25) is 22.6 Å². The average molecular weight is 566 g/mol. The number of rotatable bonds is 14. The fourth-order valence-electron chi connectivity index (χ4n) is 4.15. The first-order chi connectivity index (χ1) is 17.4. The largest absolute Gasteiger partial charge is 0.475 e. The molecule has 0 spiro atoms. The molecule has 3 fully saturated rings. The summed E-state index contributed by atoms with van der Waals surface area (Å²) in [6.07, 6.45) is -6.25. The number of phosphoric ester groups is 2. The number of hydrogen-bond acceptors (Lipinski definition) is 13. The molecule has 2 N–H and O–H groups in total. The van der Waals surface area contributed by atoms with Crippen LogP contribution in [0.2, 0.25) is 0 Å². The Morgan fingerprint density at radius 3 is 2.03 bits per heavy atom. The lowest BCUT2D eigenvalue weighted by molar-refractivity contribution is -0.0437. The maximum Gasteiger partial charge on any atom is 0.475 e. The summed E-state index contributed by atoms with van der Waals surface area (Å²) < 4.78 is 78.2. The summed E-state index contributed by atoms with van der Waals surface area (Å²) in [4.78, 5) is 10.2. The molecule has 3 rings (SSSR count). The lowest BCUT2D eigenvalue weighted by atomic mass is 9.93. The quantitative estimate of drug-likeness (QED) is 0.197. The Hall–Kier alpha value is 0.175. The standard InChI is InChI=1S/C18H31B3O14P2/c1-26-6-11-10(5-15(20)31-11)34-36(23,24)29-8-13-17(16(22)18(21)33-13)35-37(25,28-3)30-7-12-9(27-2)4-14(19)32-12/h9-18,22H,4-8H2,1-3H3,(H,23,24). The highest BCUT2D eigenvalue weighted by atomic mass is 31.2. The van der Waals surface area contributed by atoms with Crippen molar-refractivity contribution in [2.75, 3.05) is 41.2 Å². The summed E-state index contributed by atoms with van der Waals surface area (Å²) in [6, 6.07) is -2.58. The third kappa shape index (κ3) is 8.58. The zero-order chi connectivity index (χ0) is 27.4. The molecule has 0 bridgehead atoms. The highest BCUT2D eigenvalue weighted by Gasteiger charge is 2.48. The number of aliphatic hydroxyl groups excluding tert-OH is 1. The van der Waals surface area contributed by atoms with Crippen molar-refractivity contribution in [3.05, 3.63) is 0 Å². The fraction of sp³-hybridized carbons (Fsp3) is 1.00. The van der Waals surface area contributed by atoms with Crippen molar-refractivity contribution >= 4 is 39.2 Å². The van der Waals surface area contributed by atoms with Crippen molar-refractivity contribution in [3.63, 3.8) is 0 Å². The van der Waals surface area contributed by atoms with Crippen molar-refractivity contribution in [1.29, 1.82) is 0 Å². The second kappa shape index (κ2) is 13.7. The van der Waals surface area contributed by atoms with Gasteiger partial charge >= 0.3 is 15.6 Å². The highest BCUT2D eigenvalue weighted by molar-refractivity contribution is 7.48. The molecule has 0 aromatic carbocycles. The van der Waals surface area contributed by atoms with Crippen LogP contribution in [-0.4, -0.2) is 135 Å². The van der Waals surface area contributed by atoms with Crippen LogP contribution in [0.3, 0.4) is 0 Å². The van der Waals surface area contributed by atoms with E-state index in [1.54, 1.807) is 0 Å². The van der Waals surface area contributed by atoms with Crippen molar-refractivity contribution in [3.8, 4) is 0 Å². The van der Waals surface area contributed by atoms with E-state index in [2.05, 4.69) is 0 Å². The average Bonchev–Trinajstić information content (AvgIpc) is 3.46. The Labute approximate surface area is 219 Å². The van der Waals surface area contributed by atoms with Gasteiger partial charge in [-0.2, -0.15) is 0 Å². The molecule has 0 aromatic rings. The maximum absolute atomic E-state index is 13.1. The Kier molecular flexibility index (Phi) is 11.7. The van der Waals surface area contributed by atoms with E-state index in [0.717, 1.165) is 7.11 Å². The van der Waals surface area contributed by atoms with E-state index in [1.807, 2.05) is 0 Å². The maximum atomic E-state index is 13.1. The third-order valence-corrected chi connectivity index (χ3v) is 8.43. The molecule has 3 aliphatic rings. The van der Waals surface area contributed by atoms with Gasteiger partial charge in [0.15, 0.2) is 0 Å². The number of methoxy groups -OCH3 is 2. The predicted molar refractivity (Wildman–Crippen MR) is 127 cm³/mol. The monoisotopic (exact) mass is 566 g/mol. The molecule has 19 heteroatoms. The molecule has 206 valence electrons. The van der Waals surface area contributed by atoms with Gasteiger partial charge in [0.2, 0.25) is 0 Å². The van der Waals surface area contributed by atoms with E-state index in [4.69, 9.17) is 69.8 Å². The second-order valence-corrected chi connectivity index (χ2v) is 11.8. The predicted octanol–water partition coefficient (Wildman–Crippen LogP) is -0.872. The summed E-state index contributed by atoms with van der Waals surface area (Å²) >= 11 is 0. The number of phosphoric acid groups is 2. The molecule has 37 heavy (non-hydrogen) atoms. The van der Waals surface area contributed by atoms with Crippen molar-refractivity contribution in [2.24, 2.45) is 0 Å². The Morgan fingerprint density at radius 2 is 1.43 bits per heavy atom. The molecule has 12 unspecified atom stereocenters.